The second-order valence-corrected chi connectivity index (χ2v) is 4.87. The summed E-state index contributed by atoms with van der Waals surface area (Å²) in [6.07, 6.45) is 4.63. The highest BCUT2D eigenvalue weighted by Gasteiger charge is 2.07. The Labute approximate surface area is 135 Å². The fraction of sp³-hybridized carbons (Fsp3) is 0.0588. The molecule has 0 saturated carbocycles. The number of hydrogen-bond acceptors (Lipinski definition) is 3. The lowest BCUT2D eigenvalue weighted by molar-refractivity contribution is -0.135. The lowest BCUT2D eigenvalue weighted by Crippen LogP contribution is -2.04. The van der Waals surface area contributed by atoms with Crippen molar-refractivity contribution < 1.29 is 28.6 Å². The van der Waals surface area contributed by atoms with Crippen LogP contribution in [0.15, 0.2) is 54.4 Å². The van der Waals surface area contributed by atoms with Crippen LogP contribution in [0.25, 0.3) is 6.08 Å². The van der Waals surface area contributed by atoms with E-state index in [0.717, 1.165) is 24.3 Å². The maximum Gasteiger partial charge on any atom is 0.371 e. The van der Waals surface area contributed by atoms with E-state index in [-0.39, 0.29) is 12.1 Å². The average Bonchev–Trinajstić information content (AvgIpc) is 2.96. The minimum absolute atomic E-state index is 0.0562. The van der Waals surface area contributed by atoms with Gasteiger partial charge in [-0.1, -0.05) is 0 Å². The number of carbonyl (C=O) groups is 2. The van der Waals surface area contributed by atoms with E-state index in [1.807, 2.05) is 0 Å². The van der Waals surface area contributed by atoms with Crippen molar-refractivity contribution in [1.29, 1.82) is 0 Å². The van der Waals surface area contributed by atoms with Gasteiger partial charge in [-0.15, -0.1) is 0 Å². The van der Waals surface area contributed by atoms with Crippen molar-refractivity contribution in [3.8, 4) is 0 Å². The molecule has 0 spiro atoms. The quantitative estimate of drug-likeness (QED) is 0.629. The molecule has 5 nitrogen and oxygen atoms in total. The number of nitrogens with zero attached hydrogens (tertiary/aromatic N) is 1. The summed E-state index contributed by atoms with van der Waals surface area (Å²) in [6, 6.07) is 6.44. The van der Waals surface area contributed by atoms with Gasteiger partial charge in [0.1, 0.15) is 11.6 Å². The number of allylic oxidation sites excluding steroid dienone is 2. The fourth-order valence-corrected chi connectivity index (χ4v) is 1.98. The molecule has 24 heavy (non-hydrogen) atoms. The van der Waals surface area contributed by atoms with Gasteiger partial charge in [-0.3, -0.25) is 4.79 Å². The molecular weight excluding hydrogens is 320 g/mol. The van der Waals surface area contributed by atoms with E-state index in [4.69, 9.17) is 10.2 Å². The van der Waals surface area contributed by atoms with E-state index < -0.39 is 29.1 Å². The monoisotopic (exact) mass is 333 g/mol. The molecule has 124 valence electrons. The van der Waals surface area contributed by atoms with E-state index >= 15 is 0 Å². The largest absolute Gasteiger partial charge is 0.502 e. The van der Waals surface area contributed by atoms with Gasteiger partial charge in [-0.25, -0.2) is 13.6 Å². The van der Waals surface area contributed by atoms with Crippen LogP contribution in [0.4, 0.5) is 8.78 Å². The number of carboxylic acid groups (broad SMARTS) is 1. The van der Waals surface area contributed by atoms with E-state index in [1.165, 1.54) is 6.08 Å². The third-order valence-corrected chi connectivity index (χ3v) is 3.13. The molecule has 0 aliphatic carbocycles. The molecule has 2 rings (SSSR count). The summed E-state index contributed by atoms with van der Waals surface area (Å²) in [5.41, 5.74) is 0.672. The van der Waals surface area contributed by atoms with Crippen molar-refractivity contribution in [3.05, 3.63) is 77.3 Å². The van der Waals surface area contributed by atoms with Crippen LogP contribution in [0.3, 0.4) is 0 Å². The van der Waals surface area contributed by atoms with Gasteiger partial charge in [-0.2, -0.15) is 0 Å². The van der Waals surface area contributed by atoms with Crippen LogP contribution in [0.1, 0.15) is 11.3 Å². The fourth-order valence-electron chi connectivity index (χ4n) is 1.98. The summed E-state index contributed by atoms with van der Waals surface area (Å²) < 4.78 is 28.5. The topological polar surface area (TPSA) is 79.5 Å². The molecular formula is C17H13F2NO4. The van der Waals surface area contributed by atoms with E-state index in [9.17, 15) is 18.4 Å². The standard InChI is InChI=1S/C17H13F2NO4/c18-12-3-6-15(19)11(8-12)10-20-7-1-2-13(20)4-5-14(21)9-16(22)17(23)24/h1-9,22H,10H2,(H,23,24)/b5-4+,16-9-. The molecule has 0 aliphatic heterocycles. The van der Waals surface area contributed by atoms with Crippen molar-refractivity contribution in [2.45, 2.75) is 6.54 Å². The zero-order valence-electron chi connectivity index (χ0n) is 12.3. The summed E-state index contributed by atoms with van der Waals surface area (Å²) in [5.74, 6) is -4.51. The predicted octanol–water partition coefficient (Wildman–Crippen LogP) is 2.92. The minimum Gasteiger partial charge on any atom is -0.502 e. The van der Waals surface area contributed by atoms with Crippen LogP contribution < -0.4 is 0 Å². The Hall–Kier alpha value is -3.22. The summed E-state index contributed by atoms with van der Waals surface area (Å²) in [4.78, 5) is 21.9. The maximum absolute atomic E-state index is 13.7. The van der Waals surface area contributed by atoms with Gasteiger partial charge in [-0.05, 0) is 42.5 Å². The first kappa shape index (κ1) is 17.1. The van der Waals surface area contributed by atoms with E-state index in [1.54, 1.807) is 22.9 Å². The lowest BCUT2D eigenvalue weighted by atomic mass is 10.2. The second kappa shape index (κ2) is 7.36. The van der Waals surface area contributed by atoms with Crippen molar-refractivity contribution >= 4 is 17.8 Å². The van der Waals surface area contributed by atoms with E-state index in [0.29, 0.717) is 11.8 Å². The number of halogens is 2. The molecule has 1 heterocycles. The zero-order valence-corrected chi connectivity index (χ0v) is 12.3. The molecule has 1 aromatic heterocycles. The predicted molar refractivity (Wildman–Crippen MR) is 82.3 cm³/mol. The number of rotatable bonds is 6. The van der Waals surface area contributed by atoms with Gasteiger partial charge in [0.05, 0.1) is 6.54 Å². The number of aromatic nitrogens is 1. The lowest BCUT2D eigenvalue weighted by Gasteiger charge is -2.08. The molecule has 2 aromatic rings. The summed E-state index contributed by atoms with van der Waals surface area (Å²) in [6.45, 7) is 0.0562. The van der Waals surface area contributed by atoms with Crippen LogP contribution in [0, 0.1) is 11.6 Å². The second-order valence-electron chi connectivity index (χ2n) is 4.87. The van der Waals surface area contributed by atoms with E-state index in [2.05, 4.69) is 0 Å². The number of benzene rings is 1. The Morgan fingerprint density at radius 3 is 2.62 bits per heavy atom. The van der Waals surface area contributed by atoms with Gasteiger partial charge < -0.3 is 14.8 Å². The number of carboxylic acids is 1. The van der Waals surface area contributed by atoms with Gasteiger partial charge in [0, 0.05) is 23.5 Å². The van der Waals surface area contributed by atoms with Crippen molar-refractivity contribution in [2.75, 3.05) is 0 Å². The maximum atomic E-state index is 13.7. The normalized spacial score (nSPS) is 11.8. The summed E-state index contributed by atoms with van der Waals surface area (Å²) in [5, 5.41) is 17.5. The first-order valence-corrected chi connectivity index (χ1v) is 6.82. The molecule has 0 fully saturated rings. The van der Waals surface area contributed by atoms with Gasteiger partial charge in [0.2, 0.25) is 5.76 Å². The highest BCUT2D eigenvalue weighted by molar-refractivity contribution is 6.05. The molecule has 0 amide bonds. The molecule has 0 bridgehead atoms. The number of carbonyl (C=O) groups excluding carboxylic acids is 1. The van der Waals surface area contributed by atoms with Gasteiger partial charge in [0.15, 0.2) is 5.78 Å². The molecule has 0 saturated heterocycles. The highest BCUT2D eigenvalue weighted by Crippen LogP contribution is 2.14. The molecule has 0 aliphatic rings. The van der Waals surface area contributed by atoms with Crippen molar-refractivity contribution in [2.24, 2.45) is 0 Å². The highest BCUT2D eigenvalue weighted by atomic mass is 19.1. The Morgan fingerprint density at radius 1 is 1.17 bits per heavy atom. The van der Waals surface area contributed by atoms with Crippen molar-refractivity contribution in [1.82, 2.24) is 4.57 Å². The van der Waals surface area contributed by atoms with Crippen LogP contribution >= 0.6 is 0 Å². The number of ketones is 1. The summed E-state index contributed by atoms with van der Waals surface area (Å²) >= 11 is 0. The third-order valence-electron chi connectivity index (χ3n) is 3.13. The van der Waals surface area contributed by atoms with Crippen LogP contribution in [0.2, 0.25) is 0 Å². The molecule has 0 atom stereocenters. The smallest absolute Gasteiger partial charge is 0.371 e. The average molecular weight is 333 g/mol. The van der Waals surface area contributed by atoms with Crippen LogP contribution in [0.5, 0.6) is 0 Å². The molecule has 1 aromatic carbocycles. The Bertz CT molecular complexity index is 837. The molecule has 0 radical (unpaired) electrons. The number of aliphatic hydroxyl groups excluding tert-OH is 1. The van der Waals surface area contributed by atoms with Crippen molar-refractivity contribution in [3.63, 3.8) is 0 Å². The number of aliphatic hydroxyl groups is 1. The Balaban J connectivity index is 2.17. The zero-order chi connectivity index (χ0) is 17.7. The minimum atomic E-state index is -1.61. The number of aliphatic carboxylic acids is 1. The van der Waals surface area contributed by atoms with Gasteiger partial charge >= 0.3 is 5.97 Å². The first-order chi connectivity index (χ1) is 11.4. The van der Waals surface area contributed by atoms with Crippen LogP contribution in [-0.2, 0) is 16.1 Å². The molecule has 0 unspecified atom stereocenters. The Morgan fingerprint density at radius 2 is 1.92 bits per heavy atom. The SMILES string of the molecule is O=C(/C=C(\O)C(=O)O)/C=C/c1cccn1Cc1cc(F)ccc1F. The van der Waals surface area contributed by atoms with Crippen LogP contribution in [-0.4, -0.2) is 26.5 Å². The molecule has 7 heteroatoms. The third kappa shape index (κ3) is 4.39. The molecule has 2 N–H and O–H groups in total. The number of hydrogen-bond donors (Lipinski definition) is 2. The summed E-state index contributed by atoms with van der Waals surface area (Å²) in [7, 11) is 0. The first-order valence-electron chi connectivity index (χ1n) is 6.82. The van der Waals surface area contributed by atoms with Gasteiger partial charge in [0.25, 0.3) is 0 Å². The Kier molecular flexibility index (Phi) is 5.26.